The average Bonchev–Trinajstić information content (AvgIpc) is 2.58. The lowest BCUT2D eigenvalue weighted by molar-refractivity contribution is -0.329. The van der Waals surface area contributed by atoms with Crippen LogP contribution in [0.5, 0.6) is 0 Å². The first-order valence-corrected chi connectivity index (χ1v) is 10.1. The van der Waals surface area contributed by atoms with E-state index in [1.165, 1.54) is 12.8 Å². The van der Waals surface area contributed by atoms with Crippen molar-refractivity contribution in [3.63, 3.8) is 0 Å². The maximum atomic E-state index is 11.1. The first kappa shape index (κ1) is 27.1. The fraction of sp³-hybridized carbons (Fsp3) is 0.900. The highest BCUT2D eigenvalue weighted by Gasteiger charge is 2.25. The zero-order chi connectivity index (χ0) is 20.2. The molecule has 2 atom stereocenters. The van der Waals surface area contributed by atoms with Gasteiger partial charge in [-0.15, -0.1) is 0 Å². The average molecular weight is 377 g/mol. The van der Waals surface area contributed by atoms with Crippen molar-refractivity contribution in [3.8, 4) is 0 Å². The van der Waals surface area contributed by atoms with Gasteiger partial charge in [-0.25, -0.2) is 9.78 Å². The van der Waals surface area contributed by atoms with Crippen molar-refractivity contribution in [3.05, 3.63) is 0 Å². The van der Waals surface area contributed by atoms with E-state index >= 15 is 0 Å². The molecule has 0 saturated heterocycles. The van der Waals surface area contributed by atoms with Crippen molar-refractivity contribution in [2.75, 3.05) is 6.61 Å². The summed E-state index contributed by atoms with van der Waals surface area (Å²) in [6, 6.07) is 0. The highest BCUT2D eigenvalue weighted by molar-refractivity contribution is 5.70. The van der Waals surface area contributed by atoms with Crippen LogP contribution >= 0.6 is 0 Å². The predicted molar refractivity (Wildman–Crippen MR) is 103 cm³/mol. The van der Waals surface area contributed by atoms with E-state index in [-0.39, 0.29) is 6.10 Å². The Bertz CT molecular complexity index is 332. The molecule has 0 aliphatic heterocycles. The quantitative estimate of drug-likeness (QED) is 0.211. The second kappa shape index (κ2) is 20.2. The van der Waals surface area contributed by atoms with E-state index in [1.807, 2.05) is 0 Å². The van der Waals surface area contributed by atoms with Crippen LogP contribution in [0.25, 0.3) is 0 Å². The molecule has 0 heterocycles. The third-order valence-corrected chi connectivity index (χ3v) is 4.05. The van der Waals surface area contributed by atoms with Crippen LogP contribution < -0.4 is 0 Å². The van der Waals surface area contributed by atoms with Crippen LogP contribution in [0.15, 0.2) is 0 Å². The molecule has 0 rings (SSSR count). The Morgan fingerprint density at radius 2 is 1.42 bits per heavy atom. The van der Waals surface area contributed by atoms with Gasteiger partial charge in [-0.3, -0.25) is 9.59 Å². The molecule has 0 amide bonds. The molecule has 2 unspecified atom stereocenters. The lowest BCUT2D eigenvalue weighted by Gasteiger charge is -2.19. The summed E-state index contributed by atoms with van der Waals surface area (Å²) in [7, 11) is 0. The van der Waals surface area contributed by atoms with E-state index in [0.29, 0.717) is 19.4 Å². The van der Waals surface area contributed by atoms with Gasteiger partial charge in [0.15, 0.2) is 0 Å². The summed E-state index contributed by atoms with van der Waals surface area (Å²) in [4.78, 5) is 31.2. The summed E-state index contributed by atoms with van der Waals surface area (Å²) in [5.74, 6) is -1.95. The van der Waals surface area contributed by atoms with Gasteiger partial charge in [0.1, 0.15) is 6.10 Å². The summed E-state index contributed by atoms with van der Waals surface area (Å²) >= 11 is 0. The molecule has 0 bridgehead atoms. The van der Waals surface area contributed by atoms with Gasteiger partial charge in [-0.2, -0.15) is 0 Å². The Labute approximate surface area is 159 Å². The zero-order valence-corrected chi connectivity index (χ0v) is 17.2. The second-order valence-corrected chi connectivity index (χ2v) is 6.62. The van der Waals surface area contributed by atoms with Gasteiger partial charge >= 0.3 is 11.9 Å². The molecule has 0 radical (unpaired) electrons. The fourth-order valence-corrected chi connectivity index (χ4v) is 2.32. The Morgan fingerprint density at radius 3 is 1.92 bits per heavy atom. The fourth-order valence-electron chi connectivity index (χ4n) is 2.32. The first-order valence-electron chi connectivity index (χ1n) is 10.1. The van der Waals surface area contributed by atoms with Crippen molar-refractivity contribution in [2.45, 2.75) is 104 Å². The predicted octanol–water partition coefficient (Wildman–Crippen LogP) is 5.45. The van der Waals surface area contributed by atoms with Gasteiger partial charge in [0.2, 0.25) is 0 Å². The molecule has 0 aromatic carbocycles. The van der Waals surface area contributed by atoms with E-state index in [0.717, 1.165) is 44.9 Å². The molecule has 0 aromatic rings. The van der Waals surface area contributed by atoms with Crippen LogP contribution in [-0.4, -0.2) is 34.9 Å². The molecule has 0 spiro atoms. The van der Waals surface area contributed by atoms with Gasteiger partial charge < -0.3 is 10.2 Å². The summed E-state index contributed by atoms with van der Waals surface area (Å²) in [6.07, 6.45) is 9.92. The minimum Gasteiger partial charge on any atom is -0.481 e. The van der Waals surface area contributed by atoms with Crippen molar-refractivity contribution in [2.24, 2.45) is 5.92 Å². The van der Waals surface area contributed by atoms with Crippen molar-refractivity contribution in [1.82, 2.24) is 0 Å². The maximum absolute atomic E-state index is 11.1. The number of unbranched alkanes of at least 4 members (excludes halogenated alkanes) is 6. The topological polar surface area (TPSA) is 93.1 Å². The molecule has 0 aliphatic carbocycles. The Morgan fingerprint density at radius 1 is 0.846 bits per heavy atom. The van der Waals surface area contributed by atoms with Crippen molar-refractivity contribution in [1.29, 1.82) is 0 Å². The van der Waals surface area contributed by atoms with E-state index < -0.39 is 17.9 Å². The molecule has 0 fully saturated rings. The lowest BCUT2D eigenvalue weighted by Crippen LogP contribution is -2.28. The third kappa shape index (κ3) is 19.2. The molecule has 0 aliphatic rings. The molecular weight excluding hydrogens is 336 g/mol. The first-order chi connectivity index (χ1) is 12.4. The van der Waals surface area contributed by atoms with Crippen LogP contribution in [0, 0.1) is 5.92 Å². The van der Waals surface area contributed by atoms with E-state index in [1.54, 1.807) is 6.92 Å². The molecule has 0 saturated carbocycles. The van der Waals surface area contributed by atoms with Crippen molar-refractivity contribution >= 4 is 11.9 Å². The molecular formula is C20H40O6. The molecule has 0 aromatic heterocycles. The van der Waals surface area contributed by atoms with E-state index in [9.17, 15) is 9.59 Å². The monoisotopic (exact) mass is 376 g/mol. The number of rotatable bonds is 16. The normalized spacial score (nSPS) is 12.8. The Hall–Kier alpha value is -1.14. The molecule has 6 nitrogen and oxygen atoms in total. The summed E-state index contributed by atoms with van der Waals surface area (Å²) < 4.78 is 0. The molecule has 2 N–H and O–H groups in total. The molecule has 6 heteroatoms. The zero-order valence-electron chi connectivity index (χ0n) is 17.2. The standard InChI is InChI=1S/C14H28O4.C6H12O2/c1-4-6-8-9-11-17-18-12(3)13(14(15)16)10-7-5-2;1-2-3-4-5-6(7)8/h12-13H,4-11H2,1-3H3,(H,15,16);2-5H2,1H3,(H,7,8). The number of hydrogen-bond donors (Lipinski definition) is 2. The minimum absolute atomic E-state index is 0.327. The summed E-state index contributed by atoms with van der Waals surface area (Å²) in [6.45, 7) is 8.58. The highest BCUT2D eigenvalue weighted by Crippen LogP contribution is 2.16. The number of aliphatic carboxylic acids is 2. The number of carbonyl (C=O) groups is 2. The van der Waals surface area contributed by atoms with Gasteiger partial charge in [-0.05, 0) is 26.2 Å². The highest BCUT2D eigenvalue weighted by atomic mass is 17.2. The summed E-state index contributed by atoms with van der Waals surface area (Å²) in [5.41, 5.74) is 0. The van der Waals surface area contributed by atoms with Gasteiger partial charge in [-0.1, -0.05) is 65.7 Å². The van der Waals surface area contributed by atoms with Crippen LogP contribution in [-0.2, 0) is 19.4 Å². The van der Waals surface area contributed by atoms with Crippen molar-refractivity contribution < 1.29 is 29.6 Å². The number of carboxylic acid groups (broad SMARTS) is 2. The smallest absolute Gasteiger partial charge is 0.309 e. The lowest BCUT2D eigenvalue weighted by atomic mass is 9.97. The van der Waals surface area contributed by atoms with Gasteiger partial charge in [0, 0.05) is 6.42 Å². The Balaban J connectivity index is 0. The minimum atomic E-state index is -0.800. The van der Waals surface area contributed by atoms with Gasteiger partial charge in [0.25, 0.3) is 0 Å². The third-order valence-electron chi connectivity index (χ3n) is 4.05. The number of carboxylic acids is 2. The van der Waals surface area contributed by atoms with Crippen LogP contribution in [0.4, 0.5) is 0 Å². The molecule has 156 valence electrons. The van der Waals surface area contributed by atoms with E-state index in [4.69, 9.17) is 20.0 Å². The molecule has 26 heavy (non-hydrogen) atoms. The second-order valence-electron chi connectivity index (χ2n) is 6.62. The maximum Gasteiger partial charge on any atom is 0.309 e. The van der Waals surface area contributed by atoms with E-state index in [2.05, 4.69) is 20.8 Å². The number of hydrogen-bond acceptors (Lipinski definition) is 4. The Kier molecular flexibility index (Phi) is 21.0. The van der Waals surface area contributed by atoms with Crippen LogP contribution in [0.3, 0.4) is 0 Å². The van der Waals surface area contributed by atoms with Crippen LogP contribution in [0.1, 0.15) is 98.3 Å². The SMILES string of the molecule is CCCCCC(=O)O.CCCCCCOOC(C)C(CCCC)C(=O)O. The van der Waals surface area contributed by atoms with Gasteiger partial charge in [0.05, 0.1) is 12.5 Å². The summed E-state index contributed by atoms with van der Waals surface area (Å²) in [5, 5.41) is 17.2. The largest absolute Gasteiger partial charge is 0.481 e. The van der Waals surface area contributed by atoms with Crippen LogP contribution in [0.2, 0.25) is 0 Å².